The van der Waals surface area contributed by atoms with Crippen molar-refractivity contribution in [3.8, 4) is 11.1 Å². The molecule has 0 aromatic heterocycles. The van der Waals surface area contributed by atoms with Gasteiger partial charge in [0.2, 0.25) is 0 Å². The van der Waals surface area contributed by atoms with E-state index in [2.05, 4.69) is 24.3 Å². The second kappa shape index (κ2) is 6.36. The van der Waals surface area contributed by atoms with Crippen LogP contribution in [0.1, 0.15) is 42.7 Å². The van der Waals surface area contributed by atoms with Gasteiger partial charge in [0.25, 0.3) is 0 Å². The van der Waals surface area contributed by atoms with Crippen LogP contribution < -0.4 is 0 Å². The number of carbonyl (C=O) groups excluding carboxylic acids is 1. The molecule has 2 aromatic rings. The molecule has 0 radical (unpaired) electrons. The topological polar surface area (TPSA) is 66.8 Å². The third kappa shape index (κ3) is 2.60. The third-order valence-electron chi connectivity index (χ3n) is 6.71. The van der Waals surface area contributed by atoms with E-state index in [1.807, 2.05) is 24.3 Å². The number of nitrogens with zero attached hydrogens (tertiary/aromatic N) is 1. The number of ether oxygens (including phenoxy) is 1. The summed E-state index contributed by atoms with van der Waals surface area (Å²) in [5.41, 5.74) is 4.21. The Labute approximate surface area is 163 Å². The van der Waals surface area contributed by atoms with Crippen molar-refractivity contribution in [3.05, 3.63) is 59.7 Å². The minimum absolute atomic E-state index is 0.00763. The summed E-state index contributed by atoms with van der Waals surface area (Å²) in [7, 11) is 0. The van der Waals surface area contributed by atoms with Crippen molar-refractivity contribution >= 4 is 12.1 Å². The quantitative estimate of drug-likeness (QED) is 0.864. The Morgan fingerprint density at radius 1 is 1.04 bits per heavy atom. The number of amides is 1. The lowest BCUT2D eigenvalue weighted by Gasteiger charge is -2.58. The first kappa shape index (κ1) is 17.3. The Hall–Kier alpha value is -2.82. The summed E-state index contributed by atoms with van der Waals surface area (Å²) < 4.78 is 5.77. The molecule has 4 aliphatic rings. The average molecular weight is 377 g/mol. The number of carboxylic acid groups (broad SMARTS) is 1. The molecule has 1 saturated carbocycles. The lowest BCUT2D eigenvalue weighted by Crippen LogP contribution is -2.65. The number of carbonyl (C=O) groups is 2. The molecule has 1 amide bonds. The van der Waals surface area contributed by atoms with Crippen LogP contribution >= 0.6 is 0 Å². The molecule has 1 N–H and O–H groups in total. The van der Waals surface area contributed by atoms with Crippen molar-refractivity contribution in [2.24, 2.45) is 5.92 Å². The predicted octanol–water partition coefficient (Wildman–Crippen LogP) is 4.26. The predicted molar refractivity (Wildman–Crippen MR) is 104 cm³/mol. The maximum Gasteiger partial charge on any atom is 0.410 e. The van der Waals surface area contributed by atoms with Gasteiger partial charge in [0.05, 0.1) is 12.0 Å². The fourth-order valence-electron chi connectivity index (χ4n) is 5.47. The zero-order valence-electron chi connectivity index (χ0n) is 15.6. The van der Waals surface area contributed by atoms with Crippen molar-refractivity contribution in [1.82, 2.24) is 4.90 Å². The van der Waals surface area contributed by atoms with Crippen molar-refractivity contribution in [3.63, 3.8) is 0 Å². The molecular formula is C23H23NO4. The first-order chi connectivity index (χ1) is 13.6. The molecule has 144 valence electrons. The van der Waals surface area contributed by atoms with Gasteiger partial charge in [0, 0.05) is 12.5 Å². The lowest BCUT2D eigenvalue weighted by molar-refractivity contribution is -0.146. The SMILES string of the molecule is O=C(O)CC12CC(CCN1C(=O)OCC1c3ccccc3-c3ccccc31)C2. The number of hydrogen-bond acceptors (Lipinski definition) is 3. The van der Waals surface area contributed by atoms with E-state index in [0.29, 0.717) is 12.5 Å². The highest BCUT2D eigenvalue weighted by molar-refractivity contribution is 5.79. The summed E-state index contributed by atoms with van der Waals surface area (Å²) >= 11 is 0. The van der Waals surface area contributed by atoms with E-state index in [-0.39, 0.29) is 25.0 Å². The molecule has 0 spiro atoms. The minimum atomic E-state index is -0.850. The Kier molecular flexibility index (Phi) is 3.93. The van der Waals surface area contributed by atoms with E-state index in [4.69, 9.17) is 4.74 Å². The molecule has 5 nitrogen and oxygen atoms in total. The molecule has 5 heteroatoms. The fraction of sp³-hybridized carbons (Fsp3) is 0.391. The number of hydrogen-bond donors (Lipinski definition) is 1. The molecule has 2 aliphatic heterocycles. The van der Waals surface area contributed by atoms with Gasteiger partial charge >= 0.3 is 12.1 Å². The van der Waals surface area contributed by atoms with Gasteiger partial charge < -0.3 is 14.7 Å². The molecule has 6 rings (SSSR count). The fourth-order valence-corrected chi connectivity index (χ4v) is 5.47. The number of carboxylic acids is 1. The van der Waals surface area contributed by atoms with E-state index < -0.39 is 11.5 Å². The standard InChI is InChI=1S/C23H23NO4/c25-21(26)13-23-11-15(12-23)9-10-24(23)22(27)28-14-20-18-7-3-1-5-16(18)17-6-2-4-8-19(17)20/h1-8,15,20H,9-14H2,(H,25,26). The van der Waals surface area contributed by atoms with Crippen LogP contribution in [0.5, 0.6) is 0 Å². The van der Waals surface area contributed by atoms with Crippen LogP contribution in [0.25, 0.3) is 11.1 Å². The molecule has 2 aromatic carbocycles. The maximum atomic E-state index is 12.9. The highest BCUT2D eigenvalue weighted by atomic mass is 16.6. The molecule has 0 atom stereocenters. The monoisotopic (exact) mass is 377 g/mol. The van der Waals surface area contributed by atoms with Gasteiger partial charge in [0.15, 0.2) is 0 Å². The van der Waals surface area contributed by atoms with Crippen LogP contribution in [0.4, 0.5) is 4.79 Å². The Balaban J connectivity index is 1.35. The summed E-state index contributed by atoms with van der Waals surface area (Å²) in [6.45, 7) is 0.866. The first-order valence-corrected chi connectivity index (χ1v) is 9.92. The number of rotatable bonds is 4. The summed E-state index contributed by atoms with van der Waals surface area (Å²) in [5, 5.41) is 9.30. The molecule has 28 heavy (non-hydrogen) atoms. The second-order valence-corrected chi connectivity index (χ2v) is 8.31. The molecule has 2 aliphatic carbocycles. The van der Waals surface area contributed by atoms with Crippen molar-refractivity contribution < 1.29 is 19.4 Å². The van der Waals surface area contributed by atoms with E-state index >= 15 is 0 Å². The smallest absolute Gasteiger partial charge is 0.410 e. The minimum Gasteiger partial charge on any atom is -0.481 e. The Morgan fingerprint density at radius 2 is 1.64 bits per heavy atom. The zero-order valence-corrected chi connectivity index (χ0v) is 15.6. The molecule has 2 saturated heterocycles. The molecule has 2 heterocycles. The van der Waals surface area contributed by atoms with Crippen LogP contribution in [0.3, 0.4) is 0 Å². The lowest BCUT2D eigenvalue weighted by atomic mass is 9.61. The molecular weight excluding hydrogens is 354 g/mol. The number of aliphatic carboxylic acids is 1. The first-order valence-electron chi connectivity index (χ1n) is 9.92. The summed E-state index contributed by atoms with van der Waals surface area (Å²) in [4.78, 5) is 25.9. The van der Waals surface area contributed by atoms with E-state index in [0.717, 1.165) is 19.3 Å². The Morgan fingerprint density at radius 3 is 2.25 bits per heavy atom. The number of benzene rings is 2. The van der Waals surface area contributed by atoms with Gasteiger partial charge in [-0.15, -0.1) is 0 Å². The third-order valence-corrected chi connectivity index (χ3v) is 6.71. The normalized spacial score (nSPS) is 24.9. The number of piperidine rings is 2. The molecule has 3 fully saturated rings. The average Bonchev–Trinajstić information content (AvgIpc) is 2.99. The summed E-state index contributed by atoms with van der Waals surface area (Å²) in [6, 6.07) is 16.5. The van der Waals surface area contributed by atoms with Crippen LogP contribution in [0.2, 0.25) is 0 Å². The van der Waals surface area contributed by atoms with Gasteiger partial charge in [0.1, 0.15) is 6.61 Å². The van der Waals surface area contributed by atoms with Gasteiger partial charge in [-0.1, -0.05) is 48.5 Å². The Bertz CT molecular complexity index is 902. The van der Waals surface area contributed by atoms with Crippen LogP contribution in [-0.4, -0.2) is 40.8 Å². The molecule has 0 unspecified atom stereocenters. The maximum absolute atomic E-state index is 12.9. The van der Waals surface area contributed by atoms with Crippen molar-refractivity contribution in [1.29, 1.82) is 0 Å². The van der Waals surface area contributed by atoms with Crippen LogP contribution in [-0.2, 0) is 9.53 Å². The van der Waals surface area contributed by atoms with Crippen LogP contribution in [0.15, 0.2) is 48.5 Å². The largest absolute Gasteiger partial charge is 0.481 e. The van der Waals surface area contributed by atoms with Crippen molar-refractivity contribution in [2.45, 2.75) is 37.1 Å². The second-order valence-electron chi connectivity index (χ2n) is 8.31. The van der Waals surface area contributed by atoms with E-state index in [1.165, 1.54) is 22.3 Å². The highest BCUT2D eigenvalue weighted by Gasteiger charge is 2.55. The van der Waals surface area contributed by atoms with E-state index in [9.17, 15) is 14.7 Å². The summed E-state index contributed by atoms with van der Waals surface area (Å²) in [5.74, 6) is -0.278. The van der Waals surface area contributed by atoms with Crippen molar-refractivity contribution in [2.75, 3.05) is 13.2 Å². The highest BCUT2D eigenvalue weighted by Crippen LogP contribution is 2.51. The summed E-state index contributed by atoms with van der Waals surface area (Å²) in [6.07, 6.45) is 2.13. The van der Waals surface area contributed by atoms with Crippen LogP contribution in [0, 0.1) is 5.92 Å². The van der Waals surface area contributed by atoms with Gasteiger partial charge in [-0.3, -0.25) is 4.79 Å². The van der Waals surface area contributed by atoms with Gasteiger partial charge in [-0.25, -0.2) is 4.79 Å². The molecule has 2 bridgehead atoms. The van der Waals surface area contributed by atoms with Gasteiger partial charge in [-0.05, 0) is 47.4 Å². The number of fused-ring (bicyclic) bond motifs is 5. The zero-order chi connectivity index (χ0) is 19.3. The van der Waals surface area contributed by atoms with E-state index in [1.54, 1.807) is 4.90 Å². The van der Waals surface area contributed by atoms with Gasteiger partial charge in [-0.2, -0.15) is 0 Å².